The van der Waals surface area contributed by atoms with E-state index in [1.165, 1.54) is 0 Å². The zero-order valence-electron chi connectivity index (χ0n) is 10.3. The van der Waals surface area contributed by atoms with E-state index in [2.05, 4.69) is 36.2 Å². The van der Waals surface area contributed by atoms with Gasteiger partial charge in [0.15, 0.2) is 0 Å². The fourth-order valence-electron chi connectivity index (χ4n) is 1.88. The van der Waals surface area contributed by atoms with Crippen LogP contribution in [0.25, 0.3) is 10.9 Å². The highest BCUT2D eigenvalue weighted by Crippen LogP contribution is 2.22. The van der Waals surface area contributed by atoms with Crippen molar-refractivity contribution >= 4 is 38.5 Å². The van der Waals surface area contributed by atoms with E-state index in [0.29, 0.717) is 5.95 Å². The van der Waals surface area contributed by atoms with E-state index < -0.39 is 0 Å². The normalized spacial score (nSPS) is 10.6. The monoisotopic (exact) mass is 314 g/mol. The molecule has 3 aromatic rings. The van der Waals surface area contributed by atoms with Gasteiger partial charge in [-0.3, -0.25) is 4.98 Å². The summed E-state index contributed by atoms with van der Waals surface area (Å²) < 4.78 is 1.03. The molecule has 4 nitrogen and oxygen atoms in total. The molecule has 0 saturated heterocycles. The first kappa shape index (κ1) is 12.0. The molecule has 0 aliphatic heterocycles. The molecule has 1 aromatic carbocycles. The maximum absolute atomic E-state index is 4.50. The first-order chi connectivity index (χ1) is 9.22. The first-order valence-corrected chi connectivity index (χ1v) is 6.62. The van der Waals surface area contributed by atoms with E-state index in [1.807, 2.05) is 37.3 Å². The summed E-state index contributed by atoms with van der Waals surface area (Å²) in [6, 6.07) is 9.77. The summed E-state index contributed by atoms with van der Waals surface area (Å²) in [7, 11) is 0. The number of benzene rings is 1. The predicted molar refractivity (Wildman–Crippen MR) is 79.5 cm³/mol. The van der Waals surface area contributed by atoms with Crippen LogP contribution in [0.1, 0.15) is 5.69 Å². The Bertz CT molecular complexity index is 728. The topological polar surface area (TPSA) is 50.7 Å². The molecule has 2 heterocycles. The fraction of sp³-hybridized carbons (Fsp3) is 0.0714. The Morgan fingerprint density at radius 2 is 2.05 bits per heavy atom. The van der Waals surface area contributed by atoms with Crippen molar-refractivity contribution in [3.05, 3.63) is 52.9 Å². The molecular formula is C14H11BrN4. The van der Waals surface area contributed by atoms with Crippen LogP contribution in [0.2, 0.25) is 0 Å². The van der Waals surface area contributed by atoms with Crippen molar-refractivity contribution in [1.29, 1.82) is 0 Å². The number of pyridine rings is 1. The van der Waals surface area contributed by atoms with Gasteiger partial charge in [-0.2, -0.15) is 0 Å². The van der Waals surface area contributed by atoms with Crippen LogP contribution in [0.5, 0.6) is 0 Å². The molecule has 0 bridgehead atoms. The Morgan fingerprint density at radius 1 is 1.16 bits per heavy atom. The second-order valence-electron chi connectivity index (χ2n) is 4.16. The Morgan fingerprint density at radius 3 is 2.84 bits per heavy atom. The lowest BCUT2D eigenvalue weighted by atomic mass is 10.2. The van der Waals surface area contributed by atoms with E-state index in [0.717, 1.165) is 26.8 Å². The van der Waals surface area contributed by atoms with Crippen LogP contribution >= 0.6 is 15.9 Å². The molecule has 0 saturated carbocycles. The number of anilines is 2. The largest absolute Gasteiger partial charge is 0.323 e. The molecule has 0 spiro atoms. The third-order valence-corrected chi connectivity index (χ3v) is 3.26. The fourth-order valence-corrected chi connectivity index (χ4v) is 2.24. The standard InChI is InChI=1S/C14H11BrN4/c1-9-12-7-10(15)4-5-13(12)19-14(17-9)18-11-3-2-6-16-8-11/h2-8H,1H3,(H,17,18,19). The average molecular weight is 315 g/mol. The van der Waals surface area contributed by atoms with Crippen LogP contribution in [0.3, 0.4) is 0 Å². The zero-order valence-corrected chi connectivity index (χ0v) is 11.8. The Labute approximate surface area is 119 Å². The van der Waals surface area contributed by atoms with Gasteiger partial charge in [-0.25, -0.2) is 9.97 Å². The van der Waals surface area contributed by atoms with Crippen LogP contribution in [-0.4, -0.2) is 15.0 Å². The lowest BCUT2D eigenvalue weighted by Gasteiger charge is -2.07. The molecule has 0 amide bonds. The van der Waals surface area contributed by atoms with E-state index >= 15 is 0 Å². The average Bonchev–Trinajstić information content (AvgIpc) is 2.41. The van der Waals surface area contributed by atoms with Gasteiger partial charge in [0.2, 0.25) is 5.95 Å². The summed E-state index contributed by atoms with van der Waals surface area (Å²) in [5, 5.41) is 4.20. The zero-order chi connectivity index (χ0) is 13.2. The van der Waals surface area contributed by atoms with Crippen molar-refractivity contribution in [3.8, 4) is 0 Å². The van der Waals surface area contributed by atoms with Gasteiger partial charge in [-0.1, -0.05) is 15.9 Å². The summed E-state index contributed by atoms with van der Waals surface area (Å²) in [5.74, 6) is 0.584. The molecule has 0 aliphatic carbocycles. The molecule has 0 unspecified atom stereocenters. The van der Waals surface area contributed by atoms with Crippen LogP contribution < -0.4 is 5.32 Å². The van der Waals surface area contributed by atoms with Crippen LogP contribution in [0.15, 0.2) is 47.2 Å². The summed E-state index contributed by atoms with van der Waals surface area (Å²) in [6.45, 7) is 1.98. The van der Waals surface area contributed by atoms with Gasteiger partial charge in [-0.15, -0.1) is 0 Å². The Kier molecular flexibility index (Phi) is 3.13. The molecule has 5 heteroatoms. The summed E-state index contributed by atoms with van der Waals surface area (Å²) in [6.07, 6.45) is 3.47. The smallest absolute Gasteiger partial charge is 0.228 e. The number of halogens is 1. The molecule has 0 atom stereocenters. The number of nitrogens with one attached hydrogen (secondary N) is 1. The lowest BCUT2D eigenvalue weighted by Crippen LogP contribution is -1.99. The van der Waals surface area contributed by atoms with Crippen LogP contribution in [0, 0.1) is 6.92 Å². The second kappa shape index (κ2) is 4.93. The highest BCUT2D eigenvalue weighted by molar-refractivity contribution is 9.10. The molecule has 3 rings (SSSR count). The maximum atomic E-state index is 4.50. The molecule has 1 N–H and O–H groups in total. The molecule has 2 aromatic heterocycles. The van der Waals surface area contributed by atoms with Crippen molar-refractivity contribution in [2.24, 2.45) is 0 Å². The Balaban J connectivity index is 2.04. The third-order valence-electron chi connectivity index (χ3n) is 2.77. The summed E-state index contributed by atoms with van der Waals surface area (Å²) in [5.41, 5.74) is 2.73. The third kappa shape index (κ3) is 2.56. The number of nitrogens with zero attached hydrogens (tertiary/aromatic N) is 3. The van der Waals surface area contributed by atoms with Gasteiger partial charge < -0.3 is 5.32 Å². The van der Waals surface area contributed by atoms with E-state index in [1.54, 1.807) is 12.4 Å². The van der Waals surface area contributed by atoms with Gasteiger partial charge in [0.05, 0.1) is 23.1 Å². The van der Waals surface area contributed by atoms with E-state index in [4.69, 9.17) is 0 Å². The van der Waals surface area contributed by atoms with Crippen molar-refractivity contribution in [1.82, 2.24) is 15.0 Å². The molecule has 0 radical (unpaired) electrons. The number of hydrogen-bond acceptors (Lipinski definition) is 4. The van der Waals surface area contributed by atoms with Gasteiger partial charge in [0.1, 0.15) is 0 Å². The number of rotatable bonds is 2. The SMILES string of the molecule is Cc1nc(Nc2cccnc2)nc2ccc(Br)cc12. The van der Waals surface area contributed by atoms with E-state index in [-0.39, 0.29) is 0 Å². The number of fused-ring (bicyclic) bond motifs is 1. The minimum atomic E-state index is 0.584. The van der Waals surface area contributed by atoms with Crippen LogP contribution in [0.4, 0.5) is 11.6 Å². The predicted octanol–water partition coefficient (Wildman–Crippen LogP) is 3.84. The highest BCUT2D eigenvalue weighted by atomic mass is 79.9. The lowest BCUT2D eigenvalue weighted by molar-refractivity contribution is 1.15. The molecule has 0 aliphatic rings. The van der Waals surface area contributed by atoms with Crippen molar-refractivity contribution in [3.63, 3.8) is 0 Å². The molecule has 94 valence electrons. The quantitative estimate of drug-likeness (QED) is 0.780. The van der Waals surface area contributed by atoms with Crippen LogP contribution in [-0.2, 0) is 0 Å². The van der Waals surface area contributed by atoms with Crippen molar-refractivity contribution in [2.75, 3.05) is 5.32 Å². The minimum absolute atomic E-state index is 0.584. The molecule has 19 heavy (non-hydrogen) atoms. The van der Waals surface area contributed by atoms with Gasteiger partial charge >= 0.3 is 0 Å². The van der Waals surface area contributed by atoms with Gasteiger partial charge in [0.25, 0.3) is 0 Å². The number of aryl methyl sites for hydroxylation is 1. The Hall–Kier alpha value is -2.01. The maximum Gasteiger partial charge on any atom is 0.228 e. The van der Waals surface area contributed by atoms with Gasteiger partial charge in [0, 0.05) is 16.1 Å². The highest BCUT2D eigenvalue weighted by Gasteiger charge is 2.05. The minimum Gasteiger partial charge on any atom is -0.323 e. The molecule has 0 fully saturated rings. The van der Waals surface area contributed by atoms with Crippen molar-refractivity contribution in [2.45, 2.75) is 6.92 Å². The summed E-state index contributed by atoms with van der Waals surface area (Å²) in [4.78, 5) is 13.0. The first-order valence-electron chi connectivity index (χ1n) is 5.83. The van der Waals surface area contributed by atoms with Crippen molar-refractivity contribution < 1.29 is 0 Å². The number of aromatic nitrogens is 3. The van der Waals surface area contributed by atoms with E-state index in [9.17, 15) is 0 Å². The second-order valence-corrected chi connectivity index (χ2v) is 5.08. The molecular weight excluding hydrogens is 304 g/mol. The van der Waals surface area contributed by atoms with Gasteiger partial charge in [-0.05, 0) is 37.3 Å². The number of hydrogen-bond donors (Lipinski definition) is 1. The summed E-state index contributed by atoms with van der Waals surface area (Å²) >= 11 is 3.46.